The van der Waals surface area contributed by atoms with Gasteiger partial charge in [0, 0.05) is 6.54 Å². The summed E-state index contributed by atoms with van der Waals surface area (Å²) in [6.07, 6.45) is 1.67. The Morgan fingerprint density at radius 1 is 1.50 bits per heavy atom. The SMILES string of the molecule is C=CCON[C@@H]1CN[C@@H](C(=O)OC)c2ccccc21.Cl. The van der Waals surface area contributed by atoms with Crippen LogP contribution in [0.1, 0.15) is 23.2 Å². The number of hydrogen-bond donors (Lipinski definition) is 2. The minimum Gasteiger partial charge on any atom is -0.468 e. The highest BCUT2D eigenvalue weighted by atomic mass is 35.5. The highest BCUT2D eigenvalue weighted by Crippen LogP contribution is 2.29. The summed E-state index contributed by atoms with van der Waals surface area (Å²) in [5.74, 6) is -0.280. The number of halogens is 1. The van der Waals surface area contributed by atoms with Gasteiger partial charge in [0.25, 0.3) is 0 Å². The van der Waals surface area contributed by atoms with Gasteiger partial charge in [-0.2, -0.15) is 5.48 Å². The maximum atomic E-state index is 11.7. The molecule has 1 heterocycles. The van der Waals surface area contributed by atoms with Crippen molar-refractivity contribution in [3.63, 3.8) is 0 Å². The van der Waals surface area contributed by atoms with Crippen LogP contribution < -0.4 is 10.8 Å². The van der Waals surface area contributed by atoms with Gasteiger partial charge in [-0.3, -0.25) is 10.2 Å². The maximum absolute atomic E-state index is 11.7. The number of methoxy groups -OCH3 is 1. The Bertz CT molecular complexity index is 467. The van der Waals surface area contributed by atoms with Gasteiger partial charge < -0.3 is 4.74 Å². The summed E-state index contributed by atoms with van der Waals surface area (Å²) in [5, 5.41) is 3.16. The normalized spacial score (nSPS) is 20.4. The highest BCUT2D eigenvalue weighted by molar-refractivity contribution is 5.85. The molecule has 0 unspecified atom stereocenters. The van der Waals surface area contributed by atoms with Gasteiger partial charge in [-0.1, -0.05) is 30.3 Å². The van der Waals surface area contributed by atoms with E-state index in [2.05, 4.69) is 17.4 Å². The molecule has 20 heavy (non-hydrogen) atoms. The molecule has 6 heteroatoms. The van der Waals surface area contributed by atoms with E-state index < -0.39 is 6.04 Å². The number of hydrogen-bond acceptors (Lipinski definition) is 5. The minimum absolute atomic E-state index is 0. The Morgan fingerprint density at radius 2 is 2.20 bits per heavy atom. The summed E-state index contributed by atoms with van der Waals surface area (Å²) in [4.78, 5) is 17.0. The van der Waals surface area contributed by atoms with E-state index in [-0.39, 0.29) is 24.4 Å². The quantitative estimate of drug-likeness (QED) is 0.375. The molecular weight excluding hydrogens is 280 g/mol. The lowest BCUT2D eigenvalue weighted by Crippen LogP contribution is -2.42. The third-order valence-corrected chi connectivity index (χ3v) is 3.07. The Morgan fingerprint density at radius 3 is 2.85 bits per heavy atom. The van der Waals surface area contributed by atoms with Crippen LogP contribution in [0.15, 0.2) is 36.9 Å². The number of ether oxygens (including phenoxy) is 1. The highest BCUT2D eigenvalue weighted by Gasteiger charge is 2.31. The number of rotatable bonds is 5. The van der Waals surface area contributed by atoms with Crippen molar-refractivity contribution < 1.29 is 14.4 Å². The van der Waals surface area contributed by atoms with Gasteiger partial charge in [-0.05, 0) is 11.1 Å². The molecule has 0 aliphatic carbocycles. The second kappa shape index (κ2) is 8.01. The largest absolute Gasteiger partial charge is 0.468 e. The van der Waals surface area contributed by atoms with Crippen molar-refractivity contribution in [2.75, 3.05) is 20.3 Å². The van der Waals surface area contributed by atoms with Gasteiger partial charge in [0.1, 0.15) is 6.04 Å². The fourth-order valence-electron chi connectivity index (χ4n) is 2.19. The van der Waals surface area contributed by atoms with Crippen LogP contribution in [0.2, 0.25) is 0 Å². The molecule has 0 aromatic heterocycles. The summed E-state index contributed by atoms with van der Waals surface area (Å²) in [6.45, 7) is 4.61. The maximum Gasteiger partial charge on any atom is 0.327 e. The Hall–Kier alpha value is -1.40. The lowest BCUT2D eigenvalue weighted by atomic mass is 9.91. The number of fused-ring (bicyclic) bond motifs is 1. The van der Waals surface area contributed by atoms with E-state index in [1.165, 1.54) is 7.11 Å². The number of esters is 1. The fourth-order valence-corrected chi connectivity index (χ4v) is 2.19. The summed E-state index contributed by atoms with van der Waals surface area (Å²) in [5.41, 5.74) is 4.93. The molecule has 0 saturated carbocycles. The van der Waals surface area contributed by atoms with Gasteiger partial charge in [0.2, 0.25) is 0 Å². The zero-order chi connectivity index (χ0) is 13.7. The smallest absolute Gasteiger partial charge is 0.327 e. The molecule has 0 fully saturated rings. The Balaban J connectivity index is 0.00000200. The molecule has 1 aromatic rings. The predicted molar refractivity (Wildman–Crippen MR) is 78.5 cm³/mol. The second-order valence-electron chi connectivity index (χ2n) is 4.26. The van der Waals surface area contributed by atoms with Crippen LogP contribution >= 0.6 is 12.4 Å². The van der Waals surface area contributed by atoms with Gasteiger partial charge in [0.05, 0.1) is 19.8 Å². The van der Waals surface area contributed by atoms with Crippen molar-refractivity contribution in [3.8, 4) is 0 Å². The summed E-state index contributed by atoms with van der Waals surface area (Å²) >= 11 is 0. The monoisotopic (exact) mass is 298 g/mol. The molecule has 5 nitrogen and oxygen atoms in total. The zero-order valence-electron chi connectivity index (χ0n) is 11.3. The van der Waals surface area contributed by atoms with Crippen molar-refractivity contribution in [1.29, 1.82) is 0 Å². The van der Waals surface area contributed by atoms with Crippen molar-refractivity contribution in [1.82, 2.24) is 10.8 Å². The van der Waals surface area contributed by atoms with Gasteiger partial charge in [0.15, 0.2) is 0 Å². The molecule has 0 radical (unpaired) electrons. The lowest BCUT2D eigenvalue weighted by Gasteiger charge is -2.31. The molecule has 0 spiro atoms. The van der Waals surface area contributed by atoms with Crippen LogP contribution in [0.5, 0.6) is 0 Å². The molecule has 2 rings (SSSR count). The van der Waals surface area contributed by atoms with Gasteiger partial charge in [-0.15, -0.1) is 19.0 Å². The minimum atomic E-state index is -0.418. The molecule has 0 bridgehead atoms. The number of carbonyl (C=O) groups is 1. The molecular formula is C14H19ClN2O3. The number of carbonyl (C=O) groups excluding carboxylic acids is 1. The standard InChI is InChI=1S/C14H18N2O3.ClH/c1-3-8-19-16-12-9-15-13(14(17)18-2)11-7-5-4-6-10(11)12;/h3-7,12-13,15-16H,1,8-9H2,2H3;1H/t12-,13-;/m1./s1. The number of nitrogens with one attached hydrogen (secondary N) is 2. The van der Waals surface area contributed by atoms with E-state index in [1.54, 1.807) is 6.08 Å². The van der Waals surface area contributed by atoms with Crippen LogP contribution in [-0.2, 0) is 14.4 Å². The van der Waals surface area contributed by atoms with Crippen LogP contribution in [0, 0.1) is 0 Å². The molecule has 1 aromatic carbocycles. The van der Waals surface area contributed by atoms with Gasteiger partial charge in [-0.25, -0.2) is 4.79 Å². The predicted octanol–water partition coefficient (Wildman–Crippen LogP) is 1.67. The molecule has 110 valence electrons. The fraction of sp³-hybridized carbons (Fsp3) is 0.357. The first-order valence-corrected chi connectivity index (χ1v) is 6.16. The van der Waals surface area contributed by atoms with Crippen LogP contribution in [-0.4, -0.2) is 26.2 Å². The van der Waals surface area contributed by atoms with Crippen molar-refractivity contribution >= 4 is 18.4 Å². The zero-order valence-corrected chi connectivity index (χ0v) is 12.1. The summed E-state index contributed by atoms with van der Waals surface area (Å²) < 4.78 is 4.81. The lowest BCUT2D eigenvalue weighted by molar-refractivity contribution is -0.143. The first kappa shape index (κ1) is 16.7. The molecule has 2 N–H and O–H groups in total. The Kier molecular flexibility index (Phi) is 6.67. The average Bonchev–Trinajstić information content (AvgIpc) is 2.47. The molecule has 0 amide bonds. The summed E-state index contributed by atoms with van der Waals surface area (Å²) in [6, 6.07) is 7.34. The topological polar surface area (TPSA) is 59.6 Å². The van der Waals surface area contributed by atoms with E-state index in [1.807, 2.05) is 24.3 Å². The second-order valence-corrected chi connectivity index (χ2v) is 4.26. The molecule has 0 saturated heterocycles. The third-order valence-electron chi connectivity index (χ3n) is 3.07. The van der Waals surface area contributed by atoms with E-state index in [0.717, 1.165) is 11.1 Å². The molecule has 1 aliphatic heterocycles. The molecule has 2 atom stereocenters. The van der Waals surface area contributed by atoms with Crippen LogP contribution in [0.25, 0.3) is 0 Å². The number of hydroxylamine groups is 1. The summed E-state index contributed by atoms with van der Waals surface area (Å²) in [7, 11) is 1.39. The van der Waals surface area contributed by atoms with E-state index in [9.17, 15) is 4.79 Å². The van der Waals surface area contributed by atoms with Crippen molar-refractivity contribution in [2.24, 2.45) is 0 Å². The Labute approximate surface area is 124 Å². The first-order chi connectivity index (χ1) is 9.27. The third kappa shape index (κ3) is 3.58. The van der Waals surface area contributed by atoms with Gasteiger partial charge >= 0.3 is 5.97 Å². The first-order valence-electron chi connectivity index (χ1n) is 6.16. The average molecular weight is 299 g/mol. The number of benzene rings is 1. The van der Waals surface area contributed by atoms with E-state index in [0.29, 0.717) is 13.2 Å². The molecule has 1 aliphatic rings. The van der Waals surface area contributed by atoms with E-state index >= 15 is 0 Å². The van der Waals surface area contributed by atoms with E-state index in [4.69, 9.17) is 9.57 Å². The van der Waals surface area contributed by atoms with Crippen LogP contribution in [0.4, 0.5) is 0 Å². The van der Waals surface area contributed by atoms with Crippen LogP contribution in [0.3, 0.4) is 0 Å². The van der Waals surface area contributed by atoms with Crippen molar-refractivity contribution in [2.45, 2.75) is 12.1 Å². The van der Waals surface area contributed by atoms with Crippen molar-refractivity contribution in [3.05, 3.63) is 48.0 Å².